The van der Waals surface area contributed by atoms with Crippen molar-refractivity contribution in [3.63, 3.8) is 0 Å². The molecule has 2 aromatic carbocycles. The van der Waals surface area contributed by atoms with Crippen LogP contribution in [0.2, 0.25) is 0 Å². The molecule has 36 heavy (non-hydrogen) atoms. The minimum atomic E-state index is -2.90. The van der Waals surface area contributed by atoms with Crippen molar-refractivity contribution >= 4 is 5.97 Å². The number of aryl methyl sites for hydroxylation is 1. The van der Waals surface area contributed by atoms with Gasteiger partial charge < -0.3 is 26.8 Å². The summed E-state index contributed by atoms with van der Waals surface area (Å²) in [4.78, 5) is 13.2. The van der Waals surface area contributed by atoms with Crippen LogP contribution in [0.15, 0.2) is 67.0 Å². The molecular formula is C28H33BrF2N2O3. The first-order chi connectivity index (χ1) is 16.7. The van der Waals surface area contributed by atoms with Crippen LogP contribution >= 0.6 is 0 Å². The average molecular weight is 563 g/mol. The molecule has 1 heterocycles. The van der Waals surface area contributed by atoms with E-state index < -0.39 is 29.8 Å². The molecule has 0 amide bonds. The lowest BCUT2D eigenvalue weighted by molar-refractivity contribution is -0.694. The molecule has 0 spiro atoms. The zero-order chi connectivity index (χ0) is 25.1. The minimum Gasteiger partial charge on any atom is -1.00 e. The van der Waals surface area contributed by atoms with Gasteiger partial charge in [0.25, 0.3) is 5.82 Å². The maximum atomic E-state index is 14.2. The molecule has 1 aromatic heterocycles. The number of hydrogen-bond donors (Lipinski definition) is 1. The van der Waals surface area contributed by atoms with Crippen molar-refractivity contribution < 1.29 is 45.0 Å². The van der Waals surface area contributed by atoms with Gasteiger partial charge in [0.15, 0.2) is 5.60 Å². The topological polar surface area (TPSA) is 55.3 Å². The average Bonchev–Trinajstić information content (AvgIpc) is 3.18. The molecule has 3 aromatic rings. The summed E-state index contributed by atoms with van der Waals surface area (Å²) in [6.07, 6.45) is 3.72. The highest BCUT2D eigenvalue weighted by Crippen LogP contribution is 2.45. The molecule has 1 aliphatic rings. The van der Waals surface area contributed by atoms with E-state index in [4.69, 9.17) is 4.74 Å². The Labute approximate surface area is 221 Å². The second kappa shape index (κ2) is 11.6. The number of esters is 1. The standard InChI is InChI=1S/C28H33F2N2O3.BrH/c1-21-10-12-23(13-11-21)20-32-16-15-31(22(32)2)17-18-35-26(33)28(34,24-7-4-3-5-8-24)25-9-6-14-27(29,30)19-25;/h3-5,7-8,10-13,15-16,25,34H,6,9,14,17-20H2,1-2H3;1H/q+1;/p-1/t25-,28+;/m1./s1. The fourth-order valence-corrected chi connectivity index (χ4v) is 4.92. The zero-order valence-corrected chi connectivity index (χ0v) is 22.3. The number of aromatic nitrogens is 2. The van der Waals surface area contributed by atoms with Crippen LogP contribution in [0.25, 0.3) is 0 Å². The fraction of sp³-hybridized carbons (Fsp3) is 0.429. The summed E-state index contributed by atoms with van der Waals surface area (Å²) < 4.78 is 38.0. The molecule has 0 aliphatic heterocycles. The first-order valence-electron chi connectivity index (χ1n) is 12.1. The Morgan fingerprint density at radius 3 is 2.53 bits per heavy atom. The van der Waals surface area contributed by atoms with Crippen LogP contribution in [0.3, 0.4) is 0 Å². The molecule has 1 aliphatic carbocycles. The van der Waals surface area contributed by atoms with Gasteiger partial charge in [0.2, 0.25) is 5.92 Å². The largest absolute Gasteiger partial charge is 1.00 e. The second-order valence-corrected chi connectivity index (χ2v) is 9.57. The Morgan fingerprint density at radius 1 is 1.17 bits per heavy atom. The zero-order valence-electron chi connectivity index (χ0n) is 20.7. The number of nitrogens with zero attached hydrogens (tertiary/aromatic N) is 2. The number of rotatable bonds is 8. The van der Waals surface area contributed by atoms with Gasteiger partial charge in [0.05, 0.1) is 0 Å². The molecule has 1 N–H and O–H groups in total. The maximum Gasteiger partial charge on any atom is 0.343 e. The first kappa shape index (κ1) is 28.0. The smallest absolute Gasteiger partial charge is 0.343 e. The van der Waals surface area contributed by atoms with Crippen molar-refractivity contribution in [2.75, 3.05) is 6.61 Å². The van der Waals surface area contributed by atoms with E-state index in [1.807, 2.05) is 23.9 Å². The molecule has 0 bridgehead atoms. The summed E-state index contributed by atoms with van der Waals surface area (Å²) in [5.41, 5.74) is 0.579. The van der Waals surface area contributed by atoms with E-state index in [0.717, 1.165) is 12.4 Å². The van der Waals surface area contributed by atoms with Crippen molar-refractivity contribution in [2.24, 2.45) is 5.92 Å². The third-order valence-electron chi connectivity index (χ3n) is 7.05. The first-order valence-corrected chi connectivity index (χ1v) is 12.1. The van der Waals surface area contributed by atoms with Crippen molar-refractivity contribution in [1.82, 2.24) is 4.57 Å². The number of imidazole rings is 1. The quantitative estimate of drug-likeness (QED) is 0.336. The third-order valence-corrected chi connectivity index (χ3v) is 7.05. The third kappa shape index (κ3) is 6.21. The van der Waals surface area contributed by atoms with E-state index in [1.165, 1.54) is 11.1 Å². The monoisotopic (exact) mass is 562 g/mol. The number of ether oxygens (including phenoxy) is 1. The van der Waals surface area contributed by atoms with Gasteiger partial charge >= 0.3 is 5.97 Å². The summed E-state index contributed by atoms with van der Waals surface area (Å²) in [5.74, 6) is -3.69. The number of hydrogen-bond acceptors (Lipinski definition) is 3. The van der Waals surface area contributed by atoms with Crippen molar-refractivity contribution in [3.8, 4) is 0 Å². The lowest BCUT2D eigenvalue weighted by Gasteiger charge is -2.39. The number of halogens is 3. The highest BCUT2D eigenvalue weighted by Gasteiger charge is 2.52. The molecule has 0 saturated heterocycles. The van der Waals surface area contributed by atoms with Gasteiger partial charge in [-0.1, -0.05) is 60.2 Å². The Morgan fingerprint density at radius 2 is 1.86 bits per heavy atom. The molecule has 5 nitrogen and oxygen atoms in total. The lowest BCUT2D eigenvalue weighted by atomic mass is 9.72. The van der Waals surface area contributed by atoms with E-state index in [1.54, 1.807) is 30.3 Å². The van der Waals surface area contributed by atoms with Gasteiger partial charge in [-0.05, 0) is 30.9 Å². The Balaban J connectivity index is 0.00000361. The summed E-state index contributed by atoms with van der Waals surface area (Å²) >= 11 is 0. The molecule has 1 fully saturated rings. The van der Waals surface area contributed by atoms with Crippen LogP contribution in [0, 0.1) is 19.8 Å². The van der Waals surface area contributed by atoms with E-state index in [-0.39, 0.29) is 36.4 Å². The van der Waals surface area contributed by atoms with Gasteiger partial charge in [-0.25, -0.2) is 22.7 Å². The van der Waals surface area contributed by atoms with Crippen molar-refractivity contribution in [3.05, 3.63) is 89.5 Å². The van der Waals surface area contributed by atoms with Crippen LogP contribution in [0.4, 0.5) is 8.78 Å². The number of alkyl halides is 2. The molecule has 194 valence electrons. The van der Waals surface area contributed by atoms with Gasteiger partial charge in [0, 0.05) is 25.7 Å². The van der Waals surface area contributed by atoms with E-state index in [2.05, 4.69) is 35.8 Å². The van der Waals surface area contributed by atoms with Gasteiger partial charge in [-0.15, -0.1) is 0 Å². The molecule has 0 unspecified atom stereocenters. The predicted molar refractivity (Wildman–Crippen MR) is 128 cm³/mol. The van der Waals surface area contributed by atoms with E-state index in [9.17, 15) is 18.7 Å². The number of aliphatic hydroxyl groups is 1. The van der Waals surface area contributed by atoms with Gasteiger partial charge in [-0.3, -0.25) is 0 Å². The second-order valence-electron chi connectivity index (χ2n) is 9.57. The van der Waals surface area contributed by atoms with Crippen LogP contribution in [-0.2, 0) is 28.2 Å². The molecular weight excluding hydrogens is 530 g/mol. The SMILES string of the molecule is Cc1ccc(C[n+]2ccn(CCOC(=O)[C@](O)(c3ccccc3)[C@@H]3CCCC(F)(F)C3)c2C)cc1.[Br-]. The molecule has 0 radical (unpaired) electrons. The molecule has 2 atom stereocenters. The summed E-state index contributed by atoms with van der Waals surface area (Å²) in [5, 5.41) is 11.5. The fourth-order valence-electron chi connectivity index (χ4n) is 4.92. The van der Waals surface area contributed by atoms with Crippen molar-refractivity contribution in [1.29, 1.82) is 0 Å². The number of benzene rings is 2. The van der Waals surface area contributed by atoms with Crippen LogP contribution < -0.4 is 21.5 Å². The minimum absolute atomic E-state index is 0. The highest BCUT2D eigenvalue weighted by atomic mass is 79.9. The van der Waals surface area contributed by atoms with Crippen LogP contribution in [-0.4, -0.2) is 28.2 Å². The summed E-state index contributed by atoms with van der Waals surface area (Å²) in [7, 11) is 0. The Hall–Kier alpha value is -2.58. The predicted octanol–water partition coefficient (Wildman–Crippen LogP) is 1.70. The summed E-state index contributed by atoms with van der Waals surface area (Å²) in [6.45, 7) is 5.18. The molecule has 4 rings (SSSR count). The Bertz CT molecular complexity index is 1150. The summed E-state index contributed by atoms with van der Waals surface area (Å²) in [6, 6.07) is 16.7. The highest BCUT2D eigenvalue weighted by molar-refractivity contribution is 5.81. The maximum absolute atomic E-state index is 14.2. The van der Waals surface area contributed by atoms with Gasteiger partial charge in [-0.2, -0.15) is 0 Å². The number of carbonyl (C=O) groups excluding carboxylic acids is 1. The lowest BCUT2D eigenvalue weighted by Crippen LogP contribution is -3.00. The van der Waals surface area contributed by atoms with E-state index >= 15 is 0 Å². The normalized spacial score (nSPS) is 18.6. The Kier molecular flexibility index (Phi) is 9.06. The molecule has 8 heteroatoms. The van der Waals surface area contributed by atoms with Gasteiger partial charge in [0.1, 0.15) is 32.1 Å². The van der Waals surface area contributed by atoms with E-state index in [0.29, 0.717) is 18.5 Å². The van der Waals surface area contributed by atoms with Crippen molar-refractivity contribution in [2.45, 2.75) is 64.1 Å². The molecule has 1 saturated carbocycles. The van der Waals surface area contributed by atoms with Crippen LogP contribution in [0.1, 0.15) is 48.2 Å². The number of carbonyl (C=O) groups is 1. The van der Waals surface area contributed by atoms with Crippen LogP contribution in [0.5, 0.6) is 0 Å².